The topological polar surface area (TPSA) is 87.4 Å². The number of hydrogen-bond acceptors (Lipinski definition) is 5. The number of hydrogen-bond donors (Lipinski definition) is 1. The molecule has 1 unspecified atom stereocenters. The molecule has 2 N–H and O–H groups in total. The van der Waals surface area contributed by atoms with E-state index in [4.69, 9.17) is 15.7 Å². The Bertz CT molecular complexity index is 1840. The molecular weight excluding hydrogens is 446 g/mol. The van der Waals surface area contributed by atoms with E-state index in [0.29, 0.717) is 6.54 Å². The van der Waals surface area contributed by atoms with E-state index < -0.39 is 0 Å². The first-order valence-electron chi connectivity index (χ1n) is 11.9. The van der Waals surface area contributed by atoms with Crippen molar-refractivity contribution in [1.29, 1.82) is 0 Å². The minimum atomic E-state index is -0.207. The van der Waals surface area contributed by atoms with Crippen LogP contribution in [0.2, 0.25) is 0 Å². The highest BCUT2D eigenvalue weighted by Gasteiger charge is 2.26. The van der Waals surface area contributed by atoms with Gasteiger partial charge in [0.2, 0.25) is 0 Å². The molecule has 0 fully saturated rings. The summed E-state index contributed by atoms with van der Waals surface area (Å²) in [6, 6.07) is 28.6. The van der Waals surface area contributed by atoms with E-state index in [0.717, 1.165) is 55.8 Å². The fraction of sp³-hybridized carbons (Fsp3) is 0.0690. The Balaban J connectivity index is 1.44. The Morgan fingerprint density at radius 2 is 1.69 bits per heavy atom. The number of rotatable bonds is 4. The molecule has 0 saturated carbocycles. The SMILES string of the molecule is NCc1ccc(-c2nc3ccn4c(C5C=[n+]6ccccc6=N5)nnc4c3cc2-c2ccccc2)cc1. The molecule has 7 rings (SSSR count). The van der Waals surface area contributed by atoms with Crippen molar-refractivity contribution in [3.05, 3.63) is 120 Å². The molecule has 7 nitrogen and oxygen atoms in total. The molecule has 2 aromatic carbocycles. The van der Waals surface area contributed by atoms with Crippen LogP contribution in [0, 0.1) is 6.21 Å². The summed E-state index contributed by atoms with van der Waals surface area (Å²) >= 11 is 0. The Morgan fingerprint density at radius 3 is 2.50 bits per heavy atom. The molecule has 0 spiro atoms. The third-order valence-electron chi connectivity index (χ3n) is 6.65. The molecule has 0 saturated heterocycles. The van der Waals surface area contributed by atoms with E-state index in [-0.39, 0.29) is 6.04 Å². The Hall–Kier alpha value is -4.75. The summed E-state index contributed by atoms with van der Waals surface area (Å²) in [5, 5.41) is 10.1. The van der Waals surface area contributed by atoms with Crippen LogP contribution in [0.3, 0.4) is 0 Å². The zero-order valence-electron chi connectivity index (χ0n) is 19.4. The van der Waals surface area contributed by atoms with Crippen molar-refractivity contribution in [3.63, 3.8) is 0 Å². The first-order chi connectivity index (χ1) is 17.8. The Labute approximate surface area is 206 Å². The lowest BCUT2D eigenvalue weighted by Crippen LogP contribution is -2.32. The van der Waals surface area contributed by atoms with Crippen LogP contribution in [0.1, 0.15) is 17.4 Å². The Morgan fingerprint density at radius 1 is 0.861 bits per heavy atom. The predicted molar refractivity (Wildman–Crippen MR) is 137 cm³/mol. The Kier molecular flexibility index (Phi) is 4.68. The zero-order valence-corrected chi connectivity index (χ0v) is 19.4. The average molecular weight is 469 g/mol. The second-order valence-corrected chi connectivity index (χ2v) is 8.84. The zero-order chi connectivity index (χ0) is 24.1. The first-order valence-corrected chi connectivity index (χ1v) is 11.9. The van der Waals surface area contributed by atoms with Crippen molar-refractivity contribution in [2.24, 2.45) is 10.7 Å². The molecule has 0 radical (unpaired) electrons. The van der Waals surface area contributed by atoms with E-state index in [1.54, 1.807) is 0 Å². The second-order valence-electron chi connectivity index (χ2n) is 8.84. The van der Waals surface area contributed by atoms with Gasteiger partial charge in [0.25, 0.3) is 6.04 Å². The van der Waals surface area contributed by atoms with E-state index in [9.17, 15) is 0 Å². The lowest BCUT2D eigenvalue weighted by Gasteiger charge is -2.12. The van der Waals surface area contributed by atoms with Crippen molar-refractivity contribution in [2.45, 2.75) is 12.6 Å². The number of nitrogens with two attached hydrogens (primary N) is 1. The summed E-state index contributed by atoms with van der Waals surface area (Å²) in [4.78, 5) is 9.94. The molecule has 6 aromatic rings. The molecule has 4 aromatic heterocycles. The van der Waals surface area contributed by atoms with Crippen LogP contribution in [-0.2, 0) is 6.54 Å². The van der Waals surface area contributed by atoms with Gasteiger partial charge in [-0.15, -0.1) is 10.2 Å². The van der Waals surface area contributed by atoms with Crippen LogP contribution < -0.4 is 15.5 Å². The van der Waals surface area contributed by atoms with Gasteiger partial charge in [-0.3, -0.25) is 4.40 Å². The summed E-state index contributed by atoms with van der Waals surface area (Å²) in [6.45, 7) is 0.512. The number of benzene rings is 2. The van der Waals surface area contributed by atoms with Gasteiger partial charge in [-0.05, 0) is 29.3 Å². The summed E-state index contributed by atoms with van der Waals surface area (Å²) < 4.78 is 4.04. The van der Waals surface area contributed by atoms with Crippen molar-refractivity contribution in [1.82, 2.24) is 19.6 Å². The van der Waals surface area contributed by atoms with Crippen LogP contribution >= 0.6 is 0 Å². The molecule has 36 heavy (non-hydrogen) atoms. The van der Waals surface area contributed by atoms with E-state index in [2.05, 4.69) is 58.9 Å². The normalized spacial score (nSPS) is 14.5. The van der Waals surface area contributed by atoms with Crippen LogP contribution in [-0.4, -0.2) is 19.6 Å². The van der Waals surface area contributed by atoms with Gasteiger partial charge in [-0.1, -0.05) is 65.7 Å². The molecule has 7 heteroatoms. The van der Waals surface area contributed by atoms with Gasteiger partial charge in [0.05, 0.1) is 17.4 Å². The largest absolute Gasteiger partial charge is 0.326 e. The predicted octanol–water partition coefficient (Wildman–Crippen LogP) is 3.74. The van der Waals surface area contributed by atoms with Gasteiger partial charge >= 0.3 is 5.49 Å². The standard InChI is InChI=1S/C29H22N7/c30-17-19-9-11-21(12-10-19)27-22(20-6-2-1-3-7-20)16-23-24(32-27)13-15-36-28(23)33-34-29(36)25-18-35-14-5-4-8-26(35)31-25/h1-16,18,25H,17,30H2/q+1. The molecule has 0 aliphatic carbocycles. The maximum Gasteiger partial charge on any atom is 0.323 e. The minimum Gasteiger partial charge on any atom is -0.326 e. The van der Waals surface area contributed by atoms with Crippen molar-refractivity contribution >= 4 is 16.6 Å². The van der Waals surface area contributed by atoms with Crippen molar-refractivity contribution in [3.8, 4) is 22.4 Å². The summed E-state index contributed by atoms with van der Waals surface area (Å²) in [5.41, 5.74) is 13.5. The number of nitrogens with zero attached hydrogens (tertiary/aromatic N) is 6. The average Bonchev–Trinajstić information content (AvgIpc) is 3.57. The first kappa shape index (κ1) is 20.6. The van der Waals surface area contributed by atoms with Crippen LogP contribution in [0.4, 0.5) is 0 Å². The molecule has 172 valence electrons. The maximum absolute atomic E-state index is 5.82. The highest BCUT2D eigenvalue weighted by molar-refractivity contribution is 5.98. The second kappa shape index (κ2) is 8.18. The number of pyridine rings is 3. The highest BCUT2D eigenvalue weighted by atomic mass is 15.3. The lowest BCUT2D eigenvalue weighted by atomic mass is 9.97. The summed E-state index contributed by atoms with van der Waals surface area (Å²) in [6.07, 6.45) is 6.04. The van der Waals surface area contributed by atoms with Crippen molar-refractivity contribution < 1.29 is 4.24 Å². The monoisotopic (exact) mass is 468 g/mol. The fourth-order valence-electron chi connectivity index (χ4n) is 4.81. The molecule has 1 aliphatic heterocycles. The molecular formula is C29H22N7+. The van der Waals surface area contributed by atoms with E-state index >= 15 is 0 Å². The van der Waals surface area contributed by atoms with E-state index in [1.165, 1.54) is 0 Å². The van der Waals surface area contributed by atoms with E-state index in [1.807, 2.05) is 63.5 Å². The molecule has 0 amide bonds. The smallest absolute Gasteiger partial charge is 0.323 e. The third kappa shape index (κ3) is 3.29. The van der Waals surface area contributed by atoms with Gasteiger partial charge in [0.15, 0.2) is 11.5 Å². The van der Waals surface area contributed by atoms with Gasteiger partial charge in [0.1, 0.15) is 6.21 Å². The van der Waals surface area contributed by atoms with Crippen LogP contribution in [0.5, 0.6) is 0 Å². The molecule has 5 heterocycles. The van der Waals surface area contributed by atoms with Crippen LogP contribution in [0.25, 0.3) is 38.9 Å². The third-order valence-corrected chi connectivity index (χ3v) is 6.65. The lowest BCUT2D eigenvalue weighted by molar-refractivity contribution is -0.523. The van der Waals surface area contributed by atoms with Gasteiger partial charge in [-0.25, -0.2) is 9.23 Å². The maximum atomic E-state index is 5.82. The fourth-order valence-corrected chi connectivity index (χ4v) is 4.81. The molecule has 0 bridgehead atoms. The van der Waals surface area contributed by atoms with Gasteiger partial charge in [0, 0.05) is 35.3 Å². The van der Waals surface area contributed by atoms with Crippen LogP contribution in [0.15, 0.2) is 102 Å². The summed E-state index contributed by atoms with van der Waals surface area (Å²) in [7, 11) is 0. The number of fused-ring (bicyclic) bond motifs is 4. The highest BCUT2D eigenvalue weighted by Crippen LogP contribution is 2.35. The van der Waals surface area contributed by atoms with Gasteiger partial charge in [-0.2, -0.15) is 0 Å². The number of aromatic nitrogens is 5. The quantitative estimate of drug-likeness (QED) is 0.399. The molecule has 1 aliphatic rings. The molecule has 1 atom stereocenters. The van der Waals surface area contributed by atoms with Gasteiger partial charge < -0.3 is 5.73 Å². The van der Waals surface area contributed by atoms with Crippen molar-refractivity contribution in [2.75, 3.05) is 0 Å². The minimum absolute atomic E-state index is 0.207. The summed E-state index contributed by atoms with van der Waals surface area (Å²) in [5.74, 6) is 0.776.